The number of hydrogen-bond acceptors (Lipinski definition) is 5. The zero-order chi connectivity index (χ0) is 27.9. The molecule has 0 fully saturated rings. The maximum Gasteiger partial charge on any atom is 0.340 e. The van der Waals surface area contributed by atoms with Crippen molar-refractivity contribution in [2.75, 3.05) is 43.4 Å². The van der Waals surface area contributed by atoms with E-state index in [1.54, 1.807) is 6.07 Å². The zero-order valence-electron chi connectivity index (χ0n) is 23.8. The molecule has 0 radical (unpaired) electrons. The topological polar surface area (TPSA) is 61.9 Å². The van der Waals surface area contributed by atoms with Crippen LogP contribution in [0.3, 0.4) is 0 Å². The first-order valence-corrected chi connectivity index (χ1v) is 13.3. The fourth-order valence-corrected chi connectivity index (χ4v) is 4.21. The predicted octanol–water partition coefficient (Wildman–Crippen LogP) is 6.65. The van der Waals surface area contributed by atoms with Gasteiger partial charge in [-0.15, -0.1) is 0 Å². The van der Waals surface area contributed by atoms with E-state index in [0.717, 1.165) is 48.6 Å². The lowest BCUT2D eigenvalue weighted by molar-refractivity contribution is 0.00708. The number of anilines is 2. The van der Waals surface area contributed by atoms with Crippen LogP contribution in [0.1, 0.15) is 60.9 Å². The van der Waals surface area contributed by atoms with Gasteiger partial charge in [0.1, 0.15) is 5.60 Å². The normalized spacial score (nSPS) is 11.4. The van der Waals surface area contributed by atoms with Gasteiger partial charge in [-0.1, -0.05) is 56.3 Å². The van der Waals surface area contributed by atoms with E-state index in [2.05, 4.69) is 29.0 Å². The van der Waals surface area contributed by atoms with E-state index in [9.17, 15) is 9.59 Å². The van der Waals surface area contributed by atoms with Crippen molar-refractivity contribution in [2.45, 2.75) is 47.1 Å². The summed E-state index contributed by atoms with van der Waals surface area (Å²) in [6, 6.07) is 21.2. The first-order valence-electron chi connectivity index (χ1n) is 13.3. The summed E-state index contributed by atoms with van der Waals surface area (Å²) >= 11 is 0. The number of amides is 1. The highest BCUT2D eigenvalue weighted by molar-refractivity contribution is 6.09. The Morgan fingerprint density at radius 2 is 1.53 bits per heavy atom. The van der Waals surface area contributed by atoms with E-state index in [-0.39, 0.29) is 5.91 Å². The molecule has 0 atom stereocenters. The smallest absolute Gasteiger partial charge is 0.340 e. The Hall–Kier alpha value is -3.64. The fraction of sp³-hybridized carbons (Fsp3) is 0.375. The molecule has 0 heterocycles. The van der Waals surface area contributed by atoms with Crippen LogP contribution in [-0.4, -0.2) is 55.6 Å². The van der Waals surface area contributed by atoms with Crippen molar-refractivity contribution in [1.82, 2.24) is 4.90 Å². The number of ether oxygens (including phenoxy) is 1. The molecular formula is C32H41N3O3. The molecule has 0 spiro atoms. The summed E-state index contributed by atoms with van der Waals surface area (Å²) in [6.07, 6.45) is 0. The van der Waals surface area contributed by atoms with Crippen molar-refractivity contribution in [3.63, 3.8) is 0 Å². The highest BCUT2D eigenvalue weighted by Gasteiger charge is 2.23. The minimum Gasteiger partial charge on any atom is -0.456 e. The van der Waals surface area contributed by atoms with E-state index in [1.165, 1.54) is 0 Å². The monoisotopic (exact) mass is 515 g/mol. The van der Waals surface area contributed by atoms with Gasteiger partial charge in [-0.3, -0.25) is 4.79 Å². The van der Waals surface area contributed by atoms with Gasteiger partial charge in [0.25, 0.3) is 5.91 Å². The van der Waals surface area contributed by atoms with Crippen LogP contribution in [-0.2, 0) is 4.74 Å². The summed E-state index contributed by atoms with van der Waals surface area (Å²) in [7, 11) is 2.04. The molecule has 0 aliphatic heterocycles. The molecule has 6 nitrogen and oxygen atoms in total. The van der Waals surface area contributed by atoms with Gasteiger partial charge in [-0.05, 0) is 81.7 Å². The summed E-state index contributed by atoms with van der Waals surface area (Å²) in [5, 5.41) is 3.01. The van der Waals surface area contributed by atoms with Crippen molar-refractivity contribution in [2.24, 2.45) is 0 Å². The quantitative estimate of drug-likeness (QED) is 0.306. The first kappa shape index (κ1) is 28.9. The molecule has 3 rings (SSSR count). The molecule has 0 saturated heterocycles. The van der Waals surface area contributed by atoms with Gasteiger partial charge in [-0.25, -0.2) is 4.79 Å². The minimum absolute atomic E-state index is 0.267. The first-order chi connectivity index (χ1) is 18.0. The molecular weight excluding hydrogens is 474 g/mol. The third kappa shape index (κ3) is 7.68. The molecule has 0 aromatic heterocycles. The number of hydrogen-bond donors (Lipinski definition) is 1. The van der Waals surface area contributed by atoms with E-state index >= 15 is 0 Å². The van der Waals surface area contributed by atoms with Crippen LogP contribution in [0.15, 0.2) is 66.7 Å². The SMILES string of the molecule is CCN(CC)CCN(C)c1ccc(C)c(C(=O)Nc2cc(-c3ccccc3)ccc2C(=O)OC(C)(C)C)c1. The summed E-state index contributed by atoms with van der Waals surface area (Å²) in [5.74, 6) is -0.745. The molecule has 0 saturated carbocycles. The zero-order valence-corrected chi connectivity index (χ0v) is 23.8. The van der Waals surface area contributed by atoms with Crippen LogP contribution < -0.4 is 10.2 Å². The molecule has 0 unspecified atom stereocenters. The minimum atomic E-state index is -0.656. The molecule has 3 aromatic rings. The second-order valence-electron chi connectivity index (χ2n) is 10.5. The maximum atomic E-state index is 13.6. The second-order valence-corrected chi connectivity index (χ2v) is 10.5. The van der Waals surface area contributed by atoms with E-state index in [4.69, 9.17) is 4.74 Å². The lowest BCUT2D eigenvalue weighted by Crippen LogP contribution is -2.33. The Balaban J connectivity index is 1.92. The molecule has 6 heteroatoms. The number of nitrogens with zero attached hydrogens (tertiary/aromatic N) is 2. The summed E-state index contributed by atoms with van der Waals surface area (Å²) < 4.78 is 5.64. The lowest BCUT2D eigenvalue weighted by atomic mass is 10.0. The summed E-state index contributed by atoms with van der Waals surface area (Å²) in [4.78, 5) is 31.2. The van der Waals surface area contributed by atoms with Crippen LogP contribution in [0, 0.1) is 6.92 Å². The fourth-order valence-electron chi connectivity index (χ4n) is 4.21. The van der Waals surface area contributed by atoms with Crippen molar-refractivity contribution in [1.29, 1.82) is 0 Å². The third-order valence-electron chi connectivity index (χ3n) is 6.55. The number of carbonyl (C=O) groups excluding carboxylic acids is 2. The van der Waals surface area contributed by atoms with E-state index in [1.807, 2.05) is 95.4 Å². The molecule has 38 heavy (non-hydrogen) atoms. The average Bonchev–Trinajstić information content (AvgIpc) is 2.88. The number of likely N-dealkylation sites (N-methyl/N-ethyl adjacent to an activating group) is 2. The molecule has 0 aliphatic carbocycles. The highest BCUT2D eigenvalue weighted by Crippen LogP contribution is 2.28. The van der Waals surface area contributed by atoms with Gasteiger partial charge in [0.2, 0.25) is 0 Å². The standard InChI is InChI=1S/C32H41N3O3/c1-8-35(9-2)20-19-34(7)26-17-15-23(3)28(22-26)30(36)33-29-21-25(24-13-11-10-12-14-24)16-18-27(29)31(37)38-32(4,5)6/h10-18,21-22H,8-9,19-20H2,1-7H3,(H,33,36). The Kier molecular flexibility index (Phi) is 9.70. The van der Waals surface area contributed by atoms with Crippen molar-refractivity contribution in [3.8, 4) is 11.1 Å². The van der Waals surface area contributed by atoms with Gasteiger partial charge in [0.05, 0.1) is 11.3 Å². The number of aryl methyl sites for hydroxylation is 1. The number of benzene rings is 3. The molecule has 3 aromatic carbocycles. The van der Waals surface area contributed by atoms with Gasteiger partial charge < -0.3 is 19.9 Å². The van der Waals surface area contributed by atoms with Crippen molar-refractivity contribution >= 4 is 23.3 Å². The van der Waals surface area contributed by atoms with Gasteiger partial charge in [-0.2, -0.15) is 0 Å². The molecule has 0 bridgehead atoms. The second kappa shape index (κ2) is 12.7. The van der Waals surface area contributed by atoms with Crippen LogP contribution in [0.4, 0.5) is 11.4 Å². The number of carbonyl (C=O) groups is 2. The molecule has 1 N–H and O–H groups in total. The lowest BCUT2D eigenvalue weighted by Gasteiger charge is -2.25. The summed E-state index contributed by atoms with van der Waals surface area (Å²) in [6.45, 7) is 15.5. The van der Waals surface area contributed by atoms with Gasteiger partial charge in [0.15, 0.2) is 0 Å². The van der Waals surface area contributed by atoms with Crippen molar-refractivity contribution in [3.05, 3.63) is 83.4 Å². The highest BCUT2D eigenvalue weighted by atomic mass is 16.6. The Labute approximate surface area is 227 Å². The summed E-state index contributed by atoms with van der Waals surface area (Å²) in [5.41, 5.74) is 4.37. The number of esters is 1. The molecule has 1 amide bonds. The molecule has 0 aliphatic rings. The number of nitrogens with one attached hydrogen (secondary N) is 1. The number of rotatable bonds is 10. The van der Waals surface area contributed by atoms with Crippen LogP contribution in [0.5, 0.6) is 0 Å². The van der Waals surface area contributed by atoms with Crippen molar-refractivity contribution < 1.29 is 14.3 Å². The third-order valence-corrected chi connectivity index (χ3v) is 6.55. The van der Waals surface area contributed by atoms with Crippen LogP contribution in [0.25, 0.3) is 11.1 Å². The Bertz CT molecular complexity index is 1240. The van der Waals surface area contributed by atoms with Crippen LogP contribution >= 0.6 is 0 Å². The van der Waals surface area contributed by atoms with Gasteiger partial charge in [0, 0.05) is 31.4 Å². The Morgan fingerprint density at radius 3 is 2.16 bits per heavy atom. The average molecular weight is 516 g/mol. The van der Waals surface area contributed by atoms with Gasteiger partial charge >= 0.3 is 5.97 Å². The predicted molar refractivity (Wildman–Crippen MR) is 157 cm³/mol. The Morgan fingerprint density at radius 1 is 0.842 bits per heavy atom. The largest absolute Gasteiger partial charge is 0.456 e. The molecule has 202 valence electrons. The van der Waals surface area contributed by atoms with E-state index in [0.29, 0.717) is 16.8 Å². The van der Waals surface area contributed by atoms with Crippen LogP contribution in [0.2, 0.25) is 0 Å². The maximum absolute atomic E-state index is 13.6. The van der Waals surface area contributed by atoms with E-state index < -0.39 is 11.6 Å².